The third kappa shape index (κ3) is 4.06. The number of carbonyl (C=O) groups excluding carboxylic acids is 1. The molecule has 0 spiro atoms. The zero-order valence-electron chi connectivity index (χ0n) is 11.6. The molecule has 0 fully saturated rings. The number of carbonyl (C=O) groups is 1. The summed E-state index contributed by atoms with van der Waals surface area (Å²) in [4.78, 5) is 17.7. The quantitative estimate of drug-likeness (QED) is 0.824. The summed E-state index contributed by atoms with van der Waals surface area (Å²) in [6, 6.07) is 7.68. The zero-order valence-corrected chi connectivity index (χ0v) is 12.4. The molecule has 106 valence electrons. The molecule has 2 rings (SSSR count). The number of anilines is 1. The number of nitrogens with zero attached hydrogens (tertiary/aromatic N) is 1. The molecule has 5 heteroatoms. The van der Waals surface area contributed by atoms with Crippen molar-refractivity contribution in [3.8, 4) is 0 Å². The van der Waals surface area contributed by atoms with E-state index in [0.717, 1.165) is 19.4 Å². The van der Waals surface area contributed by atoms with Gasteiger partial charge in [-0.15, -0.1) is 11.3 Å². The number of amides is 1. The third-order valence-corrected chi connectivity index (χ3v) is 3.77. The molecule has 2 aromatic heterocycles. The second-order valence-corrected chi connectivity index (χ2v) is 5.44. The van der Waals surface area contributed by atoms with Gasteiger partial charge in [-0.25, -0.2) is 4.98 Å². The minimum atomic E-state index is -0.0757. The smallest absolute Gasteiger partial charge is 0.255 e. The number of thiophene rings is 1. The second-order valence-electron chi connectivity index (χ2n) is 4.41. The van der Waals surface area contributed by atoms with Crippen molar-refractivity contribution >= 4 is 23.1 Å². The average Bonchev–Trinajstić information content (AvgIpc) is 2.98. The fourth-order valence-electron chi connectivity index (χ4n) is 1.82. The molecule has 0 aliphatic heterocycles. The van der Waals surface area contributed by atoms with E-state index in [-0.39, 0.29) is 5.91 Å². The van der Waals surface area contributed by atoms with Gasteiger partial charge in [-0.3, -0.25) is 4.79 Å². The molecule has 2 N–H and O–H groups in total. The lowest BCUT2D eigenvalue weighted by atomic mass is 10.2. The summed E-state index contributed by atoms with van der Waals surface area (Å²) < 4.78 is 0. The average molecular weight is 289 g/mol. The van der Waals surface area contributed by atoms with Crippen molar-refractivity contribution in [1.82, 2.24) is 10.3 Å². The zero-order chi connectivity index (χ0) is 14.2. The summed E-state index contributed by atoms with van der Waals surface area (Å²) in [5.41, 5.74) is 0.604. The lowest BCUT2D eigenvalue weighted by Crippen LogP contribution is -2.26. The van der Waals surface area contributed by atoms with E-state index in [9.17, 15) is 4.79 Å². The lowest BCUT2D eigenvalue weighted by Gasteiger charge is -2.10. The Balaban J connectivity index is 1.91. The van der Waals surface area contributed by atoms with Crippen LogP contribution < -0.4 is 10.6 Å². The molecule has 4 nitrogen and oxygen atoms in total. The minimum Gasteiger partial charge on any atom is -0.369 e. The molecule has 2 aromatic rings. The van der Waals surface area contributed by atoms with Gasteiger partial charge in [0.2, 0.25) is 0 Å². The van der Waals surface area contributed by atoms with Gasteiger partial charge in [0.25, 0.3) is 5.91 Å². The van der Waals surface area contributed by atoms with E-state index in [0.29, 0.717) is 17.9 Å². The summed E-state index contributed by atoms with van der Waals surface area (Å²) in [5, 5.41) is 8.17. The first kappa shape index (κ1) is 14.5. The molecule has 1 amide bonds. The van der Waals surface area contributed by atoms with Crippen molar-refractivity contribution in [2.45, 2.75) is 19.8 Å². The Kier molecular flexibility index (Phi) is 5.55. The summed E-state index contributed by atoms with van der Waals surface area (Å²) in [6.45, 7) is 3.53. The van der Waals surface area contributed by atoms with Gasteiger partial charge in [-0.1, -0.05) is 13.0 Å². The summed E-state index contributed by atoms with van der Waals surface area (Å²) in [7, 11) is 0. The molecule has 0 unspecified atom stereocenters. The highest BCUT2D eigenvalue weighted by Gasteiger charge is 2.11. The van der Waals surface area contributed by atoms with E-state index in [2.05, 4.69) is 28.6 Å². The van der Waals surface area contributed by atoms with E-state index < -0.39 is 0 Å². The predicted molar refractivity (Wildman–Crippen MR) is 83.4 cm³/mol. The van der Waals surface area contributed by atoms with Crippen LogP contribution in [0.5, 0.6) is 0 Å². The molecule has 0 saturated heterocycles. The summed E-state index contributed by atoms with van der Waals surface area (Å²) in [6.07, 6.45) is 3.55. The molecule has 0 aromatic carbocycles. The van der Waals surface area contributed by atoms with Crippen molar-refractivity contribution in [3.05, 3.63) is 46.3 Å². The first-order valence-electron chi connectivity index (χ1n) is 6.80. The van der Waals surface area contributed by atoms with Crippen molar-refractivity contribution in [2.75, 3.05) is 18.4 Å². The number of rotatable bonds is 7. The second kappa shape index (κ2) is 7.65. The number of aromatic nitrogens is 1. The molecule has 20 heavy (non-hydrogen) atoms. The van der Waals surface area contributed by atoms with Gasteiger partial charge >= 0.3 is 0 Å². The Morgan fingerprint density at radius 1 is 1.30 bits per heavy atom. The molecular formula is C15H19N3OS. The standard InChI is InChI=1S/C15H19N3OS/c1-2-8-16-14-13(6-3-9-17-14)15(19)18-10-7-12-5-4-11-20-12/h3-6,9,11H,2,7-8,10H2,1H3,(H,16,17)(H,18,19). The lowest BCUT2D eigenvalue weighted by molar-refractivity contribution is 0.0954. The number of hydrogen-bond acceptors (Lipinski definition) is 4. The largest absolute Gasteiger partial charge is 0.369 e. The van der Waals surface area contributed by atoms with Gasteiger partial charge < -0.3 is 10.6 Å². The maximum atomic E-state index is 12.2. The Bertz CT molecular complexity index is 540. The summed E-state index contributed by atoms with van der Waals surface area (Å²) >= 11 is 1.71. The third-order valence-electron chi connectivity index (χ3n) is 2.83. The molecular weight excluding hydrogens is 270 g/mol. The molecule has 0 radical (unpaired) electrons. The highest BCUT2D eigenvalue weighted by atomic mass is 32.1. The number of pyridine rings is 1. The van der Waals surface area contributed by atoms with Crippen LogP contribution in [0.2, 0.25) is 0 Å². The Hall–Kier alpha value is -1.88. The number of nitrogens with one attached hydrogen (secondary N) is 2. The number of hydrogen-bond donors (Lipinski definition) is 2. The highest BCUT2D eigenvalue weighted by molar-refractivity contribution is 7.09. The molecule has 0 atom stereocenters. The van der Waals surface area contributed by atoms with Crippen LogP contribution in [-0.2, 0) is 6.42 Å². The van der Waals surface area contributed by atoms with E-state index in [1.807, 2.05) is 11.4 Å². The van der Waals surface area contributed by atoms with Gasteiger partial charge in [-0.05, 0) is 36.4 Å². The van der Waals surface area contributed by atoms with Gasteiger partial charge in [0.15, 0.2) is 0 Å². The Labute approximate surface area is 123 Å². The molecule has 0 saturated carbocycles. The predicted octanol–water partition coefficient (Wildman–Crippen LogP) is 2.94. The van der Waals surface area contributed by atoms with E-state index in [1.54, 1.807) is 29.7 Å². The molecule has 0 aliphatic rings. The molecule has 0 bridgehead atoms. The minimum absolute atomic E-state index is 0.0757. The van der Waals surface area contributed by atoms with E-state index >= 15 is 0 Å². The first-order valence-corrected chi connectivity index (χ1v) is 7.68. The normalized spacial score (nSPS) is 10.2. The van der Waals surface area contributed by atoms with Crippen LogP contribution in [0.4, 0.5) is 5.82 Å². The Morgan fingerprint density at radius 3 is 2.95 bits per heavy atom. The molecule has 0 aliphatic carbocycles. The fourth-order valence-corrected chi connectivity index (χ4v) is 2.53. The van der Waals surface area contributed by atoms with Crippen molar-refractivity contribution in [1.29, 1.82) is 0 Å². The fraction of sp³-hybridized carbons (Fsp3) is 0.333. The first-order chi connectivity index (χ1) is 9.81. The SMILES string of the molecule is CCCNc1ncccc1C(=O)NCCc1cccs1. The topological polar surface area (TPSA) is 54.0 Å². The van der Waals surface area contributed by atoms with E-state index in [1.165, 1.54) is 4.88 Å². The van der Waals surface area contributed by atoms with Crippen LogP contribution >= 0.6 is 11.3 Å². The monoisotopic (exact) mass is 289 g/mol. The van der Waals surface area contributed by atoms with Crippen LogP contribution in [0, 0.1) is 0 Å². The van der Waals surface area contributed by atoms with Crippen LogP contribution in [0.3, 0.4) is 0 Å². The summed E-state index contributed by atoms with van der Waals surface area (Å²) in [5.74, 6) is 0.580. The highest BCUT2D eigenvalue weighted by Crippen LogP contribution is 2.12. The van der Waals surface area contributed by atoms with Crippen LogP contribution in [0.1, 0.15) is 28.6 Å². The maximum Gasteiger partial charge on any atom is 0.255 e. The van der Waals surface area contributed by atoms with Gasteiger partial charge in [-0.2, -0.15) is 0 Å². The van der Waals surface area contributed by atoms with Gasteiger partial charge in [0, 0.05) is 24.2 Å². The van der Waals surface area contributed by atoms with Crippen molar-refractivity contribution in [2.24, 2.45) is 0 Å². The van der Waals surface area contributed by atoms with Crippen molar-refractivity contribution in [3.63, 3.8) is 0 Å². The van der Waals surface area contributed by atoms with Crippen LogP contribution in [0.25, 0.3) is 0 Å². The van der Waals surface area contributed by atoms with Crippen LogP contribution in [-0.4, -0.2) is 24.0 Å². The van der Waals surface area contributed by atoms with E-state index in [4.69, 9.17) is 0 Å². The van der Waals surface area contributed by atoms with Gasteiger partial charge in [0.1, 0.15) is 5.82 Å². The van der Waals surface area contributed by atoms with Crippen LogP contribution in [0.15, 0.2) is 35.8 Å². The van der Waals surface area contributed by atoms with Gasteiger partial charge in [0.05, 0.1) is 5.56 Å². The molecule has 2 heterocycles. The van der Waals surface area contributed by atoms with Crippen molar-refractivity contribution < 1.29 is 4.79 Å². The Morgan fingerprint density at radius 2 is 2.20 bits per heavy atom. The maximum absolute atomic E-state index is 12.2.